The predicted octanol–water partition coefficient (Wildman–Crippen LogP) is 3.20. The highest BCUT2D eigenvalue weighted by molar-refractivity contribution is 7.99. The summed E-state index contributed by atoms with van der Waals surface area (Å²) in [5.41, 5.74) is 1.78. The highest BCUT2D eigenvalue weighted by Crippen LogP contribution is 2.23. The maximum atomic E-state index is 13.2. The molecule has 0 N–H and O–H groups in total. The molecule has 8 heteroatoms. The molecule has 0 bridgehead atoms. The number of fused-ring (bicyclic) bond motifs is 3. The van der Waals surface area contributed by atoms with Crippen LogP contribution in [0.25, 0.3) is 16.7 Å². The largest absolute Gasteiger partial charge is 0.343 e. The zero-order valence-electron chi connectivity index (χ0n) is 17.1. The van der Waals surface area contributed by atoms with Crippen LogP contribution in [0, 0.1) is 0 Å². The number of rotatable bonds is 7. The van der Waals surface area contributed by atoms with E-state index in [1.807, 2.05) is 63.9 Å². The van der Waals surface area contributed by atoms with Crippen molar-refractivity contribution in [2.24, 2.45) is 0 Å². The van der Waals surface area contributed by atoms with E-state index in [9.17, 15) is 9.59 Å². The van der Waals surface area contributed by atoms with Gasteiger partial charge < -0.3 is 4.90 Å². The molecule has 1 fully saturated rings. The molecule has 7 nitrogen and oxygen atoms in total. The average molecular weight is 434 g/mol. The fourth-order valence-electron chi connectivity index (χ4n) is 4.09. The maximum Gasteiger partial charge on any atom is 0.263 e. The third-order valence-electron chi connectivity index (χ3n) is 5.64. The zero-order valence-corrected chi connectivity index (χ0v) is 17.9. The summed E-state index contributed by atoms with van der Waals surface area (Å²) in [7, 11) is 0. The molecule has 1 saturated heterocycles. The summed E-state index contributed by atoms with van der Waals surface area (Å²) in [5, 5.41) is 10.2. The first-order valence-electron chi connectivity index (χ1n) is 10.5. The fourth-order valence-corrected chi connectivity index (χ4v) is 4.96. The smallest absolute Gasteiger partial charge is 0.263 e. The Kier molecular flexibility index (Phi) is 5.46. The zero-order chi connectivity index (χ0) is 21.2. The number of hydrogen-bond acceptors (Lipinski definition) is 5. The van der Waals surface area contributed by atoms with Crippen LogP contribution in [0.1, 0.15) is 24.8 Å². The lowest BCUT2D eigenvalue weighted by Gasteiger charge is -2.14. The average Bonchev–Trinajstić information content (AvgIpc) is 3.41. The van der Waals surface area contributed by atoms with Gasteiger partial charge in [0.25, 0.3) is 5.56 Å². The summed E-state index contributed by atoms with van der Waals surface area (Å²) in [6.45, 7) is 2.09. The van der Waals surface area contributed by atoms with Crippen molar-refractivity contribution in [2.75, 3.05) is 18.8 Å². The van der Waals surface area contributed by atoms with Crippen molar-refractivity contribution in [3.05, 3.63) is 70.5 Å². The molecule has 0 radical (unpaired) electrons. The molecule has 158 valence electrons. The lowest BCUT2D eigenvalue weighted by atomic mass is 10.2. The first-order valence-corrected chi connectivity index (χ1v) is 11.5. The van der Waals surface area contributed by atoms with Crippen molar-refractivity contribution in [2.45, 2.75) is 31.0 Å². The maximum absolute atomic E-state index is 13.2. The molecule has 2 aromatic heterocycles. The molecule has 0 saturated carbocycles. The summed E-state index contributed by atoms with van der Waals surface area (Å²) in [5.74, 6) is 1.63. The first kappa shape index (κ1) is 19.8. The number of nitrogens with zero attached hydrogens (tertiary/aromatic N) is 5. The molecule has 31 heavy (non-hydrogen) atoms. The quantitative estimate of drug-likeness (QED) is 0.331. The van der Waals surface area contributed by atoms with Crippen LogP contribution in [-0.4, -0.2) is 48.8 Å². The number of amides is 1. The molecule has 4 aromatic rings. The summed E-state index contributed by atoms with van der Waals surface area (Å²) in [4.78, 5) is 27.0. The van der Waals surface area contributed by atoms with E-state index in [2.05, 4.69) is 10.2 Å². The Labute approximate surface area is 183 Å². The van der Waals surface area contributed by atoms with Gasteiger partial charge in [0, 0.05) is 25.3 Å². The Bertz CT molecular complexity index is 1300. The van der Waals surface area contributed by atoms with E-state index in [4.69, 9.17) is 0 Å². The number of carbonyl (C=O) groups is 1. The van der Waals surface area contributed by atoms with Gasteiger partial charge in [-0.2, -0.15) is 0 Å². The highest BCUT2D eigenvalue weighted by atomic mass is 32.2. The Morgan fingerprint density at radius 2 is 1.77 bits per heavy atom. The van der Waals surface area contributed by atoms with E-state index < -0.39 is 0 Å². The minimum atomic E-state index is -0.0663. The van der Waals surface area contributed by atoms with E-state index in [1.54, 1.807) is 16.3 Å². The van der Waals surface area contributed by atoms with Crippen molar-refractivity contribution in [3.63, 3.8) is 0 Å². The molecular formula is C23H23N5O2S. The minimum Gasteiger partial charge on any atom is -0.343 e. The normalized spacial score (nSPS) is 14.2. The van der Waals surface area contributed by atoms with Gasteiger partial charge in [0.2, 0.25) is 11.7 Å². The second kappa shape index (κ2) is 8.55. The van der Waals surface area contributed by atoms with E-state index >= 15 is 0 Å². The van der Waals surface area contributed by atoms with Crippen molar-refractivity contribution in [1.82, 2.24) is 24.1 Å². The van der Waals surface area contributed by atoms with E-state index in [0.717, 1.165) is 47.9 Å². The topological polar surface area (TPSA) is 72.5 Å². The van der Waals surface area contributed by atoms with Gasteiger partial charge >= 0.3 is 0 Å². The summed E-state index contributed by atoms with van der Waals surface area (Å²) >= 11 is 1.61. The molecule has 3 heterocycles. The minimum absolute atomic E-state index is 0.0663. The molecule has 1 amide bonds. The Hall–Kier alpha value is -3.13. The van der Waals surface area contributed by atoms with Crippen LogP contribution in [0.3, 0.4) is 0 Å². The number of benzene rings is 2. The van der Waals surface area contributed by atoms with Crippen LogP contribution in [0.4, 0.5) is 0 Å². The van der Waals surface area contributed by atoms with Crippen LogP contribution in [0.2, 0.25) is 0 Å². The van der Waals surface area contributed by atoms with Gasteiger partial charge in [0.15, 0.2) is 5.16 Å². The number of carbonyl (C=O) groups excluding carboxylic acids is 1. The molecule has 0 spiro atoms. The van der Waals surface area contributed by atoms with Crippen LogP contribution >= 0.6 is 11.8 Å². The van der Waals surface area contributed by atoms with Crippen molar-refractivity contribution in [1.29, 1.82) is 0 Å². The standard InChI is InChI=1S/C23H23N5O2S/c29-20-12-6-13-26(20)14-7-15-31-23-25-24-22-27(16-17-8-2-1-3-9-17)21(30)18-10-4-5-11-19(18)28(22)23/h1-5,8-11H,6-7,12-16H2. The highest BCUT2D eigenvalue weighted by Gasteiger charge is 2.20. The molecule has 2 aromatic carbocycles. The summed E-state index contributed by atoms with van der Waals surface area (Å²) < 4.78 is 3.67. The van der Waals surface area contributed by atoms with E-state index in [-0.39, 0.29) is 11.5 Å². The van der Waals surface area contributed by atoms with E-state index in [0.29, 0.717) is 24.1 Å². The third-order valence-corrected chi connectivity index (χ3v) is 6.65. The Morgan fingerprint density at radius 1 is 0.968 bits per heavy atom. The van der Waals surface area contributed by atoms with Gasteiger partial charge in [0.05, 0.1) is 17.4 Å². The molecule has 0 unspecified atom stereocenters. The van der Waals surface area contributed by atoms with Crippen LogP contribution < -0.4 is 5.56 Å². The molecule has 1 aliphatic rings. The van der Waals surface area contributed by atoms with Gasteiger partial charge in [0.1, 0.15) is 0 Å². The molecule has 0 aliphatic carbocycles. The summed E-state index contributed by atoms with van der Waals surface area (Å²) in [6, 6.07) is 17.5. The number of likely N-dealkylation sites (tertiary alicyclic amines) is 1. The van der Waals surface area contributed by atoms with Crippen molar-refractivity contribution >= 4 is 34.3 Å². The molecule has 5 rings (SSSR count). The van der Waals surface area contributed by atoms with Gasteiger partial charge in [-0.1, -0.05) is 54.2 Å². The van der Waals surface area contributed by atoms with Crippen LogP contribution in [0.15, 0.2) is 64.5 Å². The molecule has 1 aliphatic heterocycles. The Morgan fingerprint density at radius 3 is 2.58 bits per heavy atom. The number of aromatic nitrogens is 4. The predicted molar refractivity (Wildman–Crippen MR) is 121 cm³/mol. The second-order valence-electron chi connectivity index (χ2n) is 7.70. The van der Waals surface area contributed by atoms with Crippen LogP contribution in [0.5, 0.6) is 0 Å². The molecular weight excluding hydrogens is 410 g/mol. The number of thioether (sulfide) groups is 1. The summed E-state index contributed by atoms with van der Waals surface area (Å²) in [6.07, 6.45) is 2.53. The van der Waals surface area contributed by atoms with Crippen molar-refractivity contribution in [3.8, 4) is 0 Å². The Balaban J connectivity index is 1.47. The monoisotopic (exact) mass is 433 g/mol. The lowest BCUT2D eigenvalue weighted by Crippen LogP contribution is -2.26. The lowest BCUT2D eigenvalue weighted by molar-refractivity contribution is -0.127. The van der Waals surface area contributed by atoms with Gasteiger partial charge in [-0.15, -0.1) is 10.2 Å². The number of hydrogen-bond donors (Lipinski definition) is 0. The number of para-hydroxylation sites is 1. The SMILES string of the molecule is O=C1CCCN1CCCSc1nnc2n(Cc3ccccc3)c(=O)c3ccccc3n12. The van der Waals surface area contributed by atoms with Gasteiger partial charge in [-0.3, -0.25) is 18.6 Å². The van der Waals surface area contributed by atoms with Gasteiger partial charge in [-0.25, -0.2) is 0 Å². The molecule has 0 atom stereocenters. The first-order chi connectivity index (χ1) is 15.2. The third kappa shape index (κ3) is 3.83. The van der Waals surface area contributed by atoms with Gasteiger partial charge in [-0.05, 0) is 30.5 Å². The van der Waals surface area contributed by atoms with Crippen molar-refractivity contribution < 1.29 is 4.79 Å². The second-order valence-corrected chi connectivity index (χ2v) is 8.76. The van der Waals surface area contributed by atoms with Crippen LogP contribution in [-0.2, 0) is 11.3 Å². The van der Waals surface area contributed by atoms with E-state index in [1.165, 1.54) is 0 Å². The fraction of sp³-hybridized carbons (Fsp3) is 0.304.